The van der Waals surface area contributed by atoms with Gasteiger partial charge in [-0.15, -0.1) is 0 Å². The van der Waals surface area contributed by atoms with Crippen molar-refractivity contribution in [2.45, 2.75) is 46.0 Å². The van der Waals surface area contributed by atoms with Gasteiger partial charge in [-0.05, 0) is 43.2 Å². The molecule has 1 fully saturated rings. The van der Waals surface area contributed by atoms with Crippen molar-refractivity contribution in [2.24, 2.45) is 11.8 Å². The summed E-state index contributed by atoms with van der Waals surface area (Å²) in [6.45, 7) is 6.20. The van der Waals surface area contributed by atoms with Crippen LogP contribution < -0.4 is 15.8 Å². The Kier molecular flexibility index (Phi) is 5.57. The molecule has 2 rings (SSSR count). The summed E-state index contributed by atoms with van der Waals surface area (Å²) in [5.41, 5.74) is 7.93. The van der Waals surface area contributed by atoms with E-state index in [1.807, 2.05) is 18.2 Å². The number of nitrogen functional groups attached to an aromatic ring is 1. The lowest BCUT2D eigenvalue weighted by molar-refractivity contribution is 0.300. The molecule has 0 radical (unpaired) electrons. The van der Waals surface area contributed by atoms with Gasteiger partial charge in [0.15, 0.2) is 0 Å². The molecule has 20 heavy (non-hydrogen) atoms. The molecule has 1 aromatic carbocycles. The molecule has 0 heterocycles. The number of anilines is 2. The van der Waals surface area contributed by atoms with Gasteiger partial charge in [0.2, 0.25) is 0 Å². The van der Waals surface area contributed by atoms with Gasteiger partial charge in [0.05, 0.1) is 18.0 Å². The zero-order chi connectivity index (χ0) is 14.4. The number of nitrogens with one attached hydrogen (secondary N) is 1. The van der Waals surface area contributed by atoms with E-state index in [9.17, 15) is 0 Å². The van der Waals surface area contributed by atoms with Crippen LogP contribution in [-0.4, -0.2) is 13.2 Å². The largest absolute Gasteiger partial charge is 0.491 e. The molecule has 112 valence electrons. The fourth-order valence-corrected chi connectivity index (χ4v) is 2.82. The summed E-state index contributed by atoms with van der Waals surface area (Å²) in [5.74, 6) is 2.49. The van der Waals surface area contributed by atoms with Crippen LogP contribution in [0.4, 0.5) is 11.4 Å². The molecular weight excluding hydrogens is 248 g/mol. The molecule has 1 aromatic rings. The van der Waals surface area contributed by atoms with Gasteiger partial charge in [-0.2, -0.15) is 0 Å². The van der Waals surface area contributed by atoms with Crippen molar-refractivity contribution in [2.75, 3.05) is 24.2 Å². The van der Waals surface area contributed by atoms with Crippen LogP contribution in [0.1, 0.15) is 46.0 Å². The topological polar surface area (TPSA) is 47.3 Å². The van der Waals surface area contributed by atoms with E-state index in [-0.39, 0.29) is 0 Å². The number of nitrogens with two attached hydrogens (primary N) is 1. The first-order valence-corrected chi connectivity index (χ1v) is 7.95. The monoisotopic (exact) mass is 276 g/mol. The van der Waals surface area contributed by atoms with Gasteiger partial charge in [0.25, 0.3) is 0 Å². The Morgan fingerprint density at radius 3 is 2.70 bits per heavy atom. The third-order valence-electron chi connectivity index (χ3n) is 4.24. The fraction of sp³-hybridized carbons (Fsp3) is 0.647. The van der Waals surface area contributed by atoms with E-state index in [2.05, 4.69) is 19.2 Å². The van der Waals surface area contributed by atoms with Crippen molar-refractivity contribution in [3.05, 3.63) is 18.2 Å². The van der Waals surface area contributed by atoms with Crippen LogP contribution in [0.2, 0.25) is 0 Å². The molecule has 3 N–H and O–H groups in total. The van der Waals surface area contributed by atoms with Gasteiger partial charge < -0.3 is 15.8 Å². The first-order chi connectivity index (χ1) is 9.70. The second-order valence-corrected chi connectivity index (χ2v) is 6.07. The Labute approximate surface area is 122 Å². The predicted molar refractivity (Wildman–Crippen MR) is 86.3 cm³/mol. The van der Waals surface area contributed by atoms with Crippen LogP contribution >= 0.6 is 0 Å². The molecule has 1 aliphatic carbocycles. The number of ether oxygens (including phenoxy) is 1. The van der Waals surface area contributed by atoms with Crippen molar-refractivity contribution in [1.29, 1.82) is 0 Å². The Morgan fingerprint density at radius 2 is 2.00 bits per heavy atom. The smallest absolute Gasteiger partial charge is 0.144 e. The van der Waals surface area contributed by atoms with Gasteiger partial charge in [-0.3, -0.25) is 0 Å². The fourth-order valence-electron chi connectivity index (χ4n) is 2.82. The van der Waals surface area contributed by atoms with Gasteiger partial charge in [-0.1, -0.05) is 32.8 Å². The second-order valence-electron chi connectivity index (χ2n) is 6.07. The molecule has 0 aromatic heterocycles. The minimum Gasteiger partial charge on any atom is -0.491 e. The molecule has 0 atom stereocenters. The standard InChI is InChI=1S/C17H28N2O/c1-3-11-20-16-6-4-5-15(17(16)18)19-12-14-9-7-13(2)8-10-14/h4-6,13-14,19H,3,7-12,18H2,1-2H3. The molecule has 0 unspecified atom stereocenters. The molecule has 1 aliphatic rings. The molecular formula is C17H28N2O. The van der Waals surface area contributed by atoms with E-state index in [1.54, 1.807) is 0 Å². The Hall–Kier alpha value is -1.38. The van der Waals surface area contributed by atoms with E-state index in [1.165, 1.54) is 25.7 Å². The minimum atomic E-state index is 0.716. The number of hydrogen-bond acceptors (Lipinski definition) is 3. The van der Waals surface area contributed by atoms with Crippen LogP contribution in [0, 0.1) is 11.8 Å². The van der Waals surface area contributed by atoms with Crippen LogP contribution in [0.3, 0.4) is 0 Å². The summed E-state index contributed by atoms with van der Waals surface area (Å²) >= 11 is 0. The Balaban J connectivity index is 1.89. The zero-order valence-electron chi connectivity index (χ0n) is 12.8. The number of para-hydroxylation sites is 1. The van der Waals surface area contributed by atoms with E-state index in [0.717, 1.165) is 41.9 Å². The molecule has 3 nitrogen and oxygen atoms in total. The summed E-state index contributed by atoms with van der Waals surface area (Å²) in [6.07, 6.45) is 6.39. The molecule has 0 saturated heterocycles. The maximum Gasteiger partial charge on any atom is 0.144 e. The second kappa shape index (κ2) is 7.41. The minimum absolute atomic E-state index is 0.716. The number of benzene rings is 1. The van der Waals surface area contributed by atoms with Crippen LogP contribution in [0.15, 0.2) is 18.2 Å². The number of rotatable bonds is 6. The van der Waals surface area contributed by atoms with Crippen LogP contribution in [0.5, 0.6) is 5.75 Å². The van der Waals surface area contributed by atoms with E-state index in [0.29, 0.717) is 6.61 Å². The highest BCUT2D eigenvalue weighted by molar-refractivity contribution is 5.72. The highest BCUT2D eigenvalue weighted by atomic mass is 16.5. The lowest BCUT2D eigenvalue weighted by Gasteiger charge is -2.26. The van der Waals surface area contributed by atoms with Gasteiger partial charge in [0, 0.05) is 6.54 Å². The Morgan fingerprint density at radius 1 is 1.25 bits per heavy atom. The van der Waals surface area contributed by atoms with Gasteiger partial charge in [0.1, 0.15) is 5.75 Å². The predicted octanol–water partition coefficient (Wildman–Crippen LogP) is 4.30. The molecule has 0 amide bonds. The summed E-state index contributed by atoms with van der Waals surface area (Å²) in [5, 5.41) is 3.51. The van der Waals surface area contributed by atoms with Crippen molar-refractivity contribution >= 4 is 11.4 Å². The van der Waals surface area contributed by atoms with Gasteiger partial charge in [-0.25, -0.2) is 0 Å². The zero-order valence-corrected chi connectivity index (χ0v) is 12.8. The van der Waals surface area contributed by atoms with Crippen LogP contribution in [0.25, 0.3) is 0 Å². The molecule has 0 spiro atoms. The van der Waals surface area contributed by atoms with Crippen molar-refractivity contribution < 1.29 is 4.74 Å². The normalized spacial score (nSPS) is 22.5. The molecule has 0 bridgehead atoms. The number of hydrogen-bond donors (Lipinski definition) is 2. The maximum absolute atomic E-state index is 6.17. The summed E-state index contributed by atoms with van der Waals surface area (Å²) in [4.78, 5) is 0. The summed E-state index contributed by atoms with van der Waals surface area (Å²) in [7, 11) is 0. The summed E-state index contributed by atoms with van der Waals surface area (Å²) in [6, 6.07) is 5.99. The third kappa shape index (κ3) is 4.06. The maximum atomic E-state index is 6.17. The lowest BCUT2D eigenvalue weighted by Crippen LogP contribution is -2.20. The highest BCUT2D eigenvalue weighted by Gasteiger charge is 2.18. The van der Waals surface area contributed by atoms with Crippen molar-refractivity contribution in [3.63, 3.8) is 0 Å². The van der Waals surface area contributed by atoms with Crippen molar-refractivity contribution in [1.82, 2.24) is 0 Å². The van der Waals surface area contributed by atoms with Crippen molar-refractivity contribution in [3.8, 4) is 5.75 Å². The average Bonchev–Trinajstić information content (AvgIpc) is 2.47. The van der Waals surface area contributed by atoms with E-state index >= 15 is 0 Å². The summed E-state index contributed by atoms with van der Waals surface area (Å²) < 4.78 is 5.67. The van der Waals surface area contributed by atoms with E-state index < -0.39 is 0 Å². The first kappa shape index (κ1) is 15.0. The first-order valence-electron chi connectivity index (χ1n) is 7.95. The van der Waals surface area contributed by atoms with Gasteiger partial charge >= 0.3 is 0 Å². The molecule has 0 aliphatic heterocycles. The quantitative estimate of drug-likeness (QED) is 0.762. The SMILES string of the molecule is CCCOc1cccc(NCC2CCC(C)CC2)c1N. The molecule has 1 saturated carbocycles. The molecule has 3 heteroatoms. The third-order valence-corrected chi connectivity index (χ3v) is 4.24. The lowest BCUT2D eigenvalue weighted by atomic mass is 9.83. The average molecular weight is 276 g/mol. The van der Waals surface area contributed by atoms with E-state index in [4.69, 9.17) is 10.5 Å². The highest BCUT2D eigenvalue weighted by Crippen LogP contribution is 2.32. The van der Waals surface area contributed by atoms with Crippen LogP contribution in [-0.2, 0) is 0 Å². The Bertz CT molecular complexity index is 411.